The Balaban J connectivity index is 1.45. The molecular weight excluding hydrogens is 312 g/mol. The molecule has 0 atom stereocenters. The molecule has 4 nitrogen and oxygen atoms in total. The summed E-state index contributed by atoms with van der Waals surface area (Å²) in [4.78, 5) is 16.7. The van der Waals surface area contributed by atoms with Gasteiger partial charge in [-0.1, -0.05) is 54.6 Å². The van der Waals surface area contributed by atoms with Gasteiger partial charge in [-0.2, -0.15) is 0 Å². The van der Waals surface area contributed by atoms with E-state index < -0.39 is 0 Å². The highest BCUT2D eigenvalue weighted by atomic mass is 16.3. The maximum absolute atomic E-state index is 12.3. The van der Waals surface area contributed by atoms with E-state index in [2.05, 4.69) is 10.3 Å². The van der Waals surface area contributed by atoms with Gasteiger partial charge in [0, 0.05) is 10.9 Å². The van der Waals surface area contributed by atoms with E-state index in [1.807, 2.05) is 72.8 Å². The normalized spacial score (nSPS) is 10.7. The lowest BCUT2D eigenvalue weighted by Crippen LogP contribution is -2.23. The fraction of sp³-hybridized carbons (Fsp3) is 0.0476. The van der Waals surface area contributed by atoms with Gasteiger partial charge >= 0.3 is 0 Å². The predicted molar refractivity (Wildman–Crippen MR) is 97.1 cm³/mol. The first-order valence-electron chi connectivity index (χ1n) is 8.08. The van der Waals surface area contributed by atoms with Crippen molar-refractivity contribution < 1.29 is 9.21 Å². The quantitative estimate of drug-likeness (QED) is 0.603. The van der Waals surface area contributed by atoms with Crippen molar-refractivity contribution in [2.45, 2.75) is 6.54 Å². The van der Waals surface area contributed by atoms with Gasteiger partial charge in [-0.15, -0.1) is 0 Å². The number of nitrogens with zero attached hydrogens (tertiary/aromatic N) is 1. The fourth-order valence-corrected chi connectivity index (χ4v) is 2.68. The van der Waals surface area contributed by atoms with E-state index in [0.29, 0.717) is 18.0 Å². The largest absolute Gasteiger partial charge is 0.459 e. The molecule has 25 heavy (non-hydrogen) atoms. The lowest BCUT2D eigenvalue weighted by molar-refractivity contribution is 0.0943. The van der Waals surface area contributed by atoms with Crippen LogP contribution in [0.4, 0.5) is 0 Å². The van der Waals surface area contributed by atoms with Crippen LogP contribution in [0.15, 0.2) is 83.3 Å². The predicted octanol–water partition coefficient (Wildman–Crippen LogP) is 4.42. The van der Waals surface area contributed by atoms with E-state index in [-0.39, 0.29) is 5.91 Å². The SMILES string of the molecule is O=C(NCc1ccc(-c2ccccc2)o1)c1ccc2ccccc2n1. The van der Waals surface area contributed by atoms with Crippen LogP contribution in [0.1, 0.15) is 16.2 Å². The fourth-order valence-electron chi connectivity index (χ4n) is 2.68. The molecule has 4 heteroatoms. The summed E-state index contributed by atoms with van der Waals surface area (Å²) >= 11 is 0. The second-order valence-electron chi connectivity index (χ2n) is 5.70. The average Bonchev–Trinajstić information content (AvgIpc) is 3.15. The third-order valence-electron chi connectivity index (χ3n) is 3.97. The van der Waals surface area contributed by atoms with E-state index >= 15 is 0 Å². The zero-order valence-electron chi connectivity index (χ0n) is 13.5. The molecular formula is C21H16N2O2. The summed E-state index contributed by atoms with van der Waals surface area (Å²) < 4.78 is 5.79. The molecule has 4 aromatic rings. The molecule has 1 N–H and O–H groups in total. The van der Waals surface area contributed by atoms with Crippen molar-refractivity contribution in [3.05, 3.63) is 90.3 Å². The first-order valence-corrected chi connectivity index (χ1v) is 8.08. The summed E-state index contributed by atoms with van der Waals surface area (Å²) in [6.45, 7) is 0.320. The van der Waals surface area contributed by atoms with Gasteiger partial charge in [-0.3, -0.25) is 4.79 Å². The summed E-state index contributed by atoms with van der Waals surface area (Å²) in [5.41, 5.74) is 2.21. The Morgan fingerprint density at radius 1 is 0.880 bits per heavy atom. The Morgan fingerprint density at radius 3 is 2.56 bits per heavy atom. The number of hydrogen-bond acceptors (Lipinski definition) is 3. The second kappa shape index (κ2) is 6.61. The van der Waals surface area contributed by atoms with Gasteiger partial charge in [0.1, 0.15) is 17.2 Å². The number of benzene rings is 2. The number of aromatic nitrogens is 1. The number of furan rings is 1. The van der Waals surface area contributed by atoms with Crippen molar-refractivity contribution in [3.8, 4) is 11.3 Å². The van der Waals surface area contributed by atoms with E-state index in [1.54, 1.807) is 6.07 Å². The van der Waals surface area contributed by atoms with Crippen molar-refractivity contribution in [3.63, 3.8) is 0 Å². The molecule has 2 aromatic carbocycles. The van der Waals surface area contributed by atoms with E-state index in [0.717, 1.165) is 22.2 Å². The highest BCUT2D eigenvalue weighted by Crippen LogP contribution is 2.21. The van der Waals surface area contributed by atoms with Gasteiger partial charge in [0.2, 0.25) is 0 Å². The lowest BCUT2D eigenvalue weighted by atomic mass is 10.2. The van der Waals surface area contributed by atoms with Gasteiger partial charge in [-0.25, -0.2) is 4.98 Å². The van der Waals surface area contributed by atoms with Crippen molar-refractivity contribution in [2.75, 3.05) is 0 Å². The maximum atomic E-state index is 12.3. The summed E-state index contributed by atoms with van der Waals surface area (Å²) in [6.07, 6.45) is 0. The monoisotopic (exact) mass is 328 g/mol. The second-order valence-corrected chi connectivity index (χ2v) is 5.70. The van der Waals surface area contributed by atoms with Crippen molar-refractivity contribution >= 4 is 16.8 Å². The van der Waals surface area contributed by atoms with Gasteiger partial charge < -0.3 is 9.73 Å². The van der Waals surface area contributed by atoms with Crippen LogP contribution >= 0.6 is 0 Å². The van der Waals surface area contributed by atoms with Gasteiger partial charge in [-0.05, 0) is 24.3 Å². The highest BCUT2D eigenvalue weighted by molar-refractivity contribution is 5.94. The molecule has 0 aliphatic rings. The molecule has 2 heterocycles. The Kier molecular flexibility index (Phi) is 4.01. The minimum Gasteiger partial charge on any atom is -0.459 e. The summed E-state index contributed by atoms with van der Waals surface area (Å²) in [7, 11) is 0. The maximum Gasteiger partial charge on any atom is 0.270 e. The van der Waals surface area contributed by atoms with Crippen LogP contribution < -0.4 is 5.32 Å². The molecule has 4 rings (SSSR count). The molecule has 0 aliphatic carbocycles. The minimum absolute atomic E-state index is 0.219. The van der Waals surface area contributed by atoms with Crippen LogP contribution in [0.25, 0.3) is 22.2 Å². The molecule has 0 saturated carbocycles. The number of amides is 1. The summed E-state index contributed by atoms with van der Waals surface area (Å²) in [5, 5.41) is 3.86. The van der Waals surface area contributed by atoms with Crippen LogP contribution in [-0.2, 0) is 6.54 Å². The molecule has 0 saturated heterocycles. The first kappa shape index (κ1) is 15.1. The number of rotatable bonds is 4. The highest BCUT2D eigenvalue weighted by Gasteiger charge is 2.10. The van der Waals surface area contributed by atoms with E-state index in [9.17, 15) is 4.79 Å². The minimum atomic E-state index is -0.219. The smallest absolute Gasteiger partial charge is 0.270 e. The zero-order valence-corrected chi connectivity index (χ0v) is 13.5. The Morgan fingerprint density at radius 2 is 1.68 bits per heavy atom. The first-order chi connectivity index (χ1) is 12.3. The van der Waals surface area contributed by atoms with Gasteiger partial charge in [0.05, 0.1) is 12.1 Å². The Labute approximate surface area is 145 Å². The molecule has 0 radical (unpaired) electrons. The van der Waals surface area contributed by atoms with Gasteiger partial charge in [0.25, 0.3) is 5.91 Å². The third kappa shape index (κ3) is 3.28. The summed E-state index contributed by atoms with van der Waals surface area (Å²) in [6, 6.07) is 25.0. The number of carbonyl (C=O) groups is 1. The number of nitrogens with one attached hydrogen (secondary N) is 1. The average molecular weight is 328 g/mol. The van der Waals surface area contributed by atoms with E-state index in [1.165, 1.54) is 0 Å². The number of para-hydroxylation sites is 1. The van der Waals surface area contributed by atoms with Crippen LogP contribution in [0.3, 0.4) is 0 Å². The third-order valence-corrected chi connectivity index (χ3v) is 3.97. The topological polar surface area (TPSA) is 55.1 Å². The molecule has 0 bridgehead atoms. The molecule has 0 fully saturated rings. The number of pyridine rings is 1. The molecule has 1 amide bonds. The molecule has 0 aliphatic heterocycles. The Hall–Kier alpha value is -3.40. The van der Waals surface area contributed by atoms with Crippen LogP contribution in [0.5, 0.6) is 0 Å². The zero-order chi connectivity index (χ0) is 17.1. The van der Waals surface area contributed by atoms with Crippen LogP contribution in [-0.4, -0.2) is 10.9 Å². The number of fused-ring (bicyclic) bond motifs is 1. The molecule has 0 spiro atoms. The molecule has 122 valence electrons. The Bertz CT molecular complexity index is 1020. The van der Waals surface area contributed by atoms with Crippen LogP contribution in [0, 0.1) is 0 Å². The van der Waals surface area contributed by atoms with Crippen molar-refractivity contribution in [1.82, 2.24) is 10.3 Å². The van der Waals surface area contributed by atoms with Crippen molar-refractivity contribution in [2.24, 2.45) is 0 Å². The molecule has 0 unspecified atom stereocenters. The number of hydrogen-bond donors (Lipinski definition) is 1. The summed E-state index contributed by atoms with van der Waals surface area (Å²) in [5.74, 6) is 1.27. The number of carbonyl (C=O) groups excluding carboxylic acids is 1. The van der Waals surface area contributed by atoms with E-state index in [4.69, 9.17) is 4.42 Å². The van der Waals surface area contributed by atoms with Gasteiger partial charge in [0.15, 0.2) is 0 Å². The van der Waals surface area contributed by atoms with Crippen LogP contribution in [0.2, 0.25) is 0 Å². The lowest BCUT2D eigenvalue weighted by Gasteiger charge is -2.04. The standard InChI is InChI=1S/C21H16N2O2/c24-21(19-12-10-15-6-4-5-9-18(15)23-19)22-14-17-11-13-20(25-17)16-7-2-1-3-8-16/h1-13H,14H2,(H,22,24). The molecule has 2 aromatic heterocycles. The van der Waals surface area contributed by atoms with Crippen molar-refractivity contribution in [1.29, 1.82) is 0 Å².